The molecular weight excluding hydrogens is 268 g/mol. The largest absolute Gasteiger partial charge is 0.504 e. The number of piperidine rings is 1. The van der Waals surface area contributed by atoms with Crippen molar-refractivity contribution in [1.82, 2.24) is 10.2 Å². The molecule has 5 heteroatoms. The first-order valence-electron chi connectivity index (χ1n) is 7.41. The summed E-state index contributed by atoms with van der Waals surface area (Å²) in [5.41, 5.74) is 0.898. The summed E-state index contributed by atoms with van der Waals surface area (Å²) in [7, 11) is 1.56. The molecule has 1 aliphatic rings. The first kappa shape index (κ1) is 15.6. The van der Waals surface area contributed by atoms with Crippen LogP contribution >= 0.6 is 0 Å². The minimum absolute atomic E-state index is 0.0405. The fourth-order valence-electron chi connectivity index (χ4n) is 2.74. The number of phenols is 1. The average molecular weight is 292 g/mol. The molecule has 0 radical (unpaired) electrons. The van der Waals surface area contributed by atoms with Crippen molar-refractivity contribution in [3.8, 4) is 11.5 Å². The molecular formula is C16H24N2O3. The van der Waals surface area contributed by atoms with Crippen LogP contribution in [0.1, 0.15) is 25.3 Å². The molecule has 1 heterocycles. The van der Waals surface area contributed by atoms with Gasteiger partial charge >= 0.3 is 0 Å². The lowest BCUT2D eigenvalue weighted by Gasteiger charge is -2.32. The number of ether oxygens (including phenoxy) is 1. The average Bonchev–Trinajstić information content (AvgIpc) is 2.48. The van der Waals surface area contributed by atoms with Crippen LogP contribution in [0.4, 0.5) is 0 Å². The molecule has 1 aromatic rings. The normalized spacial score (nSPS) is 16.7. The number of methoxy groups -OCH3 is 1. The maximum atomic E-state index is 10.9. The third-order valence-electron chi connectivity index (χ3n) is 4.04. The highest BCUT2D eigenvalue weighted by molar-refractivity contribution is 5.72. The zero-order valence-electron chi connectivity index (χ0n) is 12.8. The summed E-state index contributed by atoms with van der Waals surface area (Å²) in [5.74, 6) is 1.36. The molecule has 1 fully saturated rings. The summed E-state index contributed by atoms with van der Waals surface area (Å²) in [6.45, 7) is 5.03. The molecule has 0 spiro atoms. The van der Waals surface area contributed by atoms with Gasteiger partial charge in [0.15, 0.2) is 11.5 Å². The van der Waals surface area contributed by atoms with E-state index in [0.717, 1.165) is 44.6 Å². The maximum Gasteiger partial charge on any atom is 0.216 e. The molecule has 1 amide bonds. The SMILES string of the molecule is COc1cccc(CN2CCC(CNC(C)=O)CC2)c1O. The van der Waals surface area contributed by atoms with Gasteiger partial charge in [0.05, 0.1) is 7.11 Å². The first-order valence-corrected chi connectivity index (χ1v) is 7.41. The van der Waals surface area contributed by atoms with Gasteiger partial charge in [0, 0.05) is 25.6 Å². The second-order valence-electron chi connectivity index (χ2n) is 5.62. The Hall–Kier alpha value is -1.75. The summed E-state index contributed by atoms with van der Waals surface area (Å²) in [5, 5.41) is 13.0. The fourth-order valence-corrected chi connectivity index (χ4v) is 2.74. The Morgan fingerprint density at radius 1 is 1.43 bits per heavy atom. The Morgan fingerprint density at radius 3 is 2.76 bits per heavy atom. The Labute approximate surface area is 125 Å². The van der Waals surface area contributed by atoms with Crippen molar-refractivity contribution in [2.75, 3.05) is 26.7 Å². The monoisotopic (exact) mass is 292 g/mol. The van der Waals surface area contributed by atoms with E-state index >= 15 is 0 Å². The van der Waals surface area contributed by atoms with Crippen LogP contribution in [0, 0.1) is 5.92 Å². The highest BCUT2D eigenvalue weighted by Crippen LogP contribution is 2.31. The number of hydrogen-bond acceptors (Lipinski definition) is 4. The summed E-state index contributed by atoms with van der Waals surface area (Å²) in [6, 6.07) is 5.59. The Balaban J connectivity index is 1.85. The molecule has 0 aliphatic carbocycles. The summed E-state index contributed by atoms with van der Waals surface area (Å²) in [6.07, 6.45) is 2.15. The smallest absolute Gasteiger partial charge is 0.216 e. The van der Waals surface area contributed by atoms with E-state index in [0.29, 0.717) is 11.7 Å². The molecule has 2 rings (SSSR count). The third kappa shape index (κ3) is 4.36. The third-order valence-corrected chi connectivity index (χ3v) is 4.04. The minimum Gasteiger partial charge on any atom is -0.504 e. The Morgan fingerprint density at radius 2 is 2.14 bits per heavy atom. The molecule has 0 saturated carbocycles. The second-order valence-corrected chi connectivity index (χ2v) is 5.62. The van der Waals surface area contributed by atoms with Gasteiger partial charge in [-0.3, -0.25) is 9.69 Å². The van der Waals surface area contributed by atoms with Crippen molar-refractivity contribution < 1.29 is 14.6 Å². The lowest BCUT2D eigenvalue weighted by molar-refractivity contribution is -0.119. The topological polar surface area (TPSA) is 61.8 Å². The van der Waals surface area contributed by atoms with Crippen LogP contribution in [-0.4, -0.2) is 42.7 Å². The molecule has 2 N–H and O–H groups in total. The molecule has 0 atom stereocenters. The van der Waals surface area contributed by atoms with Crippen molar-refractivity contribution in [3.63, 3.8) is 0 Å². The standard InChI is InChI=1S/C16H24N2O3/c1-12(19)17-10-13-6-8-18(9-7-13)11-14-4-3-5-15(21-2)16(14)20/h3-5,13,20H,6-11H2,1-2H3,(H,17,19). The van der Waals surface area contributed by atoms with E-state index in [1.54, 1.807) is 20.1 Å². The molecule has 1 aromatic carbocycles. The number of hydrogen-bond donors (Lipinski definition) is 2. The van der Waals surface area contributed by atoms with E-state index in [1.807, 2.05) is 12.1 Å². The number of phenolic OH excluding ortho intramolecular Hbond substituents is 1. The minimum atomic E-state index is 0.0405. The Kier molecular flexibility index (Phi) is 5.44. The number of nitrogens with zero attached hydrogens (tertiary/aromatic N) is 1. The predicted octanol–water partition coefficient (Wildman–Crippen LogP) is 1.75. The highest BCUT2D eigenvalue weighted by Gasteiger charge is 2.20. The lowest BCUT2D eigenvalue weighted by Crippen LogP contribution is -2.37. The second kappa shape index (κ2) is 7.31. The van der Waals surface area contributed by atoms with Gasteiger partial charge < -0.3 is 15.2 Å². The maximum absolute atomic E-state index is 10.9. The van der Waals surface area contributed by atoms with Crippen LogP contribution in [0.25, 0.3) is 0 Å². The molecule has 116 valence electrons. The number of nitrogens with one attached hydrogen (secondary N) is 1. The van der Waals surface area contributed by atoms with Crippen LogP contribution in [0.2, 0.25) is 0 Å². The number of aromatic hydroxyl groups is 1. The zero-order chi connectivity index (χ0) is 15.2. The lowest BCUT2D eigenvalue weighted by atomic mass is 9.96. The van der Waals surface area contributed by atoms with Crippen molar-refractivity contribution in [2.24, 2.45) is 5.92 Å². The van der Waals surface area contributed by atoms with E-state index in [1.165, 1.54) is 0 Å². The highest BCUT2D eigenvalue weighted by atomic mass is 16.5. The molecule has 0 unspecified atom stereocenters. The van der Waals surface area contributed by atoms with Gasteiger partial charge in [-0.25, -0.2) is 0 Å². The van der Waals surface area contributed by atoms with E-state index in [9.17, 15) is 9.90 Å². The van der Waals surface area contributed by atoms with Crippen molar-refractivity contribution >= 4 is 5.91 Å². The van der Waals surface area contributed by atoms with E-state index in [4.69, 9.17) is 4.74 Å². The quantitative estimate of drug-likeness (QED) is 0.868. The summed E-state index contributed by atoms with van der Waals surface area (Å²) >= 11 is 0. The van der Waals surface area contributed by atoms with Crippen molar-refractivity contribution in [3.05, 3.63) is 23.8 Å². The van der Waals surface area contributed by atoms with Gasteiger partial charge in [0.1, 0.15) is 0 Å². The van der Waals surface area contributed by atoms with Crippen LogP contribution in [-0.2, 0) is 11.3 Å². The predicted molar refractivity (Wildman–Crippen MR) is 81.3 cm³/mol. The number of carbonyl (C=O) groups is 1. The van der Waals surface area contributed by atoms with Crippen LogP contribution in [0.3, 0.4) is 0 Å². The molecule has 1 aliphatic heterocycles. The molecule has 0 aromatic heterocycles. The van der Waals surface area contributed by atoms with Crippen LogP contribution < -0.4 is 10.1 Å². The van der Waals surface area contributed by atoms with E-state index in [-0.39, 0.29) is 11.7 Å². The number of rotatable bonds is 5. The van der Waals surface area contributed by atoms with Gasteiger partial charge in [-0.05, 0) is 37.9 Å². The van der Waals surface area contributed by atoms with E-state index in [2.05, 4.69) is 10.2 Å². The molecule has 21 heavy (non-hydrogen) atoms. The number of benzene rings is 1. The van der Waals surface area contributed by atoms with Crippen LogP contribution in [0.15, 0.2) is 18.2 Å². The zero-order valence-corrected chi connectivity index (χ0v) is 12.8. The van der Waals surface area contributed by atoms with Crippen LogP contribution in [0.5, 0.6) is 11.5 Å². The number of carbonyl (C=O) groups excluding carboxylic acids is 1. The number of likely N-dealkylation sites (tertiary alicyclic amines) is 1. The van der Waals surface area contributed by atoms with Gasteiger partial charge in [-0.15, -0.1) is 0 Å². The van der Waals surface area contributed by atoms with E-state index < -0.39 is 0 Å². The Bertz CT molecular complexity index is 482. The number of amides is 1. The van der Waals surface area contributed by atoms with Gasteiger partial charge in [-0.1, -0.05) is 12.1 Å². The molecule has 1 saturated heterocycles. The molecule has 0 bridgehead atoms. The van der Waals surface area contributed by atoms with Crippen molar-refractivity contribution in [1.29, 1.82) is 0 Å². The number of para-hydroxylation sites is 1. The van der Waals surface area contributed by atoms with Gasteiger partial charge in [0.25, 0.3) is 0 Å². The van der Waals surface area contributed by atoms with Crippen molar-refractivity contribution in [2.45, 2.75) is 26.3 Å². The fraction of sp³-hybridized carbons (Fsp3) is 0.562. The first-order chi connectivity index (χ1) is 10.1. The summed E-state index contributed by atoms with van der Waals surface area (Å²) < 4.78 is 5.14. The summed E-state index contributed by atoms with van der Waals surface area (Å²) in [4.78, 5) is 13.3. The van der Waals surface area contributed by atoms with Gasteiger partial charge in [-0.2, -0.15) is 0 Å². The van der Waals surface area contributed by atoms with Gasteiger partial charge in [0.2, 0.25) is 5.91 Å². The molecule has 5 nitrogen and oxygen atoms in total.